The van der Waals surface area contributed by atoms with Gasteiger partial charge in [0.05, 0.1) is 5.56 Å². The molecule has 1 nitrogen and oxygen atoms in total. The molecule has 1 aromatic rings. The highest BCUT2D eigenvalue weighted by atomic mass is 19.2. The summed E-state index contributed by atoms with van der Waals surface area (Å²) < 4.78 is 38.1. The SMILES string of the molecule is CC(=O)c1c(C)cc(F)c(F)c1F. The number of carbonyl (C=O) groups is 1. The number of Topliss-reactive ketones (excluding diaryl/α,β-unsaturated/α-hetero) is 1. The largest absolute Gasteiger partial charge is 0.294 e. The number of rotatable bonds is 1. The van der Waals surface area contributed by atoms with Gasteiger partial charge >= 0.3 is 0 Å². The summed E-state index contributed by atoms with van der Waals surface area (Å²) in [6.45, 7) is 2.45. The lowest BCUT2D eigenvalue weighted by atomic mass is 10.0. The van der Waals surface area contributed by atoms with E-state index in [1.54, 1.807) is 0 Å². The zero-order chi connectivity index (χ0) is 10.2. The van der Waals surface area contributed by atoms with Crippen molar-refractivity contribution in [3.63, 3.8) is 0 Å². The maximum absolute atomic E-state index is 12.9. The second-order valence-corrected chi connectivity index (χ2v) is 2.73. The smallest absolute Gasteiger partial charge is 0.195 e. The molecule has 1 rings (SSSR count). The zero-order valence-corrected chi connectivity index (χ0v) is 7.12. The lowest BCUT2D eigenvalue weighted by Crippen LogP contribution is -2.05. The number of halogens is 3. The third-order valence-electron chi connectivity index (χ3n) is 1.71. The first kappa shape index (κ1) is 9.77. The molecule has 0 heterocycles. The van der Waals surface area contributed by atoms with Crippen LogP contribution < -0.4 is 0 Å². The number of hydrogen-bond acceptors (Lipinski definition) is 1. The van der Waals surface area contributed by atoms with E-state index in [9.17, 15) is 18.0 Å². The Labute approximate surface area is 73.2 Å². The normalized spacial score (nSPS) is 10.2. The molecule has 0 N–H and O–H groups in total. The quantitative estimate of drug-likeness (QED) is 0.489. The number of ketones is 1. The molecule has 0 fully saturated rings. The summed E-state index contributed by atoms with van der Waals surface area (Å²) in [5.74, 6) is -4.91. The highest BCUT2D eigenvalue weighted by Crippen LogP contribution is 2.19. The fourth-order valence-corrected chi connectivity index (χ4v) is 1.15. The summed E-state index contributed by atoms with van der Waals surface area (Å²) in [6.07, 6.45) is 0. The van der Waals surface area contributed by atoms with E-state index in [1.165, 1.54) is 6.92 Å². The lowest BCUT2D eigenvalue weighted by Gasteiger charge is -2.04. The topological polar surface area (TPSA) is 17.1 Å². The van der Waals surface area contributed by atoms with E-state index in [-0.39, 0.29) is 11.1 Å². The van der Waals surface area contributed by atoms with Crippen LogP contribution in [0.2, 0.25) is 0 Å². The monoisotopic (exact) mass is 188 g/mol. The van der Waals surface area contributed by atoms with E-state index in [1.807, 2.05) is 0 Å². The molecule has 0 saturated heterocycles. The van der Waals surface area contributed by atoms with Crippen molar-refractivity contribution < 1.29 is 18.0 Å². The van der Waals surface area contributed by atoms with Gasteiger partial charge in [-0.15, -0.1) is 0 Å². The van der Waals surface area contributed by atoms with E-state index in [2.05, 4.69) is 0 Å². The third kappa shape index (κ3) is 1.56. The van der Waals surface area contributed by atoms with Gasteiger partial charge in [0, 0.05) is 0 Å². The fraction of sp³-hybridized carbons (Fsp3) is 0.222. The number of carbonyl (C=O) groups excluding carboxylic acids is 1. The Hall–Kier alpha value is -1.32. The minimum Gasteiger partial charge on any atom is -0.294 e. The van der Waals surface area contributed by atoms with Gasteiger partial charge in [-0.3, -0.25) is 4.79 Å². The predicted octanol–water partition coefficient (Wildman–Crippen LogP) is 2.61. The van der Waals surface area contributed by atoms with Gasteiger partial charge in [0.15, 0.2) is 23.2 Å². The third-order valence-corrected chi connectivity index (χ3v) is 1.71. The van der Waals surface area contributed by atoms with Crippen LogP contribution in [0.3, 0.4) is 0 Å². The van der Waals surface area contributed by atoms with Crippen LogP contribution in [-0.4, -0.2) is 5.78 Å². The summed E-state index contributed by atoms with van der Waals surface area (Å²) in [4.78, 5) is 10.8. The van der Waals surface area contributed by atoms with Crippen LogP contribution in [0.15, 0.2) is 6.07 Å². The van der Waals surface area contributed by atoms with E-state index in [0.29, 0.717) is 0 Å². The zero-order valence-electron chi connectivity index (χ0n) is 7.12. The van der Waals surface area contributed by atoms with E-state index >= 15 is 0 Å². The molecule has 4 heteroatoms. The van der Waals surface area contributed by atoms with Gasteiger partial charge in [0.1, 0.15) is 0 Å². The van der Waals surface area contributed by atoms with Crippen LogP contribution in [0.4, 0.5) is 13.2 Å². The Morgan fingerprint density at radius 3 is 2.23 bits per heavy atom. The minimum atomic E-state index is -1.60. The van der Waals surface area contributed by atoms with Crippen molar-refractivity contribution in [1.82, 2.24) is 0 Å². The molecule has 0 aliphatic carbocycles. The molecule has 0 atom stereocenters. The van der Waals surface area contributed by atoms with Crippen molar-refractivity contribution in [2.45, 2.75) is 13.8 Å². The van der Waals surface area contributed by atoms with Gasteiger partial charge in [-0.2, -0.15) is 0 Å². The number of hydrogen-bond donors (Lipinski definition) is 0. The summed E-state index contributed by atoms with van der Waals surface area (Å²) in [5, 5.41) is 0. The van der Waals surface area contributed by atoms with Crippen LogP contribution in [0.5, 0.6) is 0 Å². The van der Waals surface area contributed by atoms with E-state index in [0.717, 1.165) is 13.0 Å². The standard InChI is InChI=1S/C9H7F3O/c1-4-3-6(10)8(11)9(12)7(4)5(2)13/h3H,1-2H3. The molecule has 0 saturated carbocycles. The molecule has 13 heavy (non-hydrogen) atoms. The molecule has 0 amide bonds. The molecule has 0 radical (unpaired) electrons. The Balaban J connectivity index is 3.53. The Morgan fingerprint density at radius 1 is 1.23 bits per heavy atom. The molecular weight excluding hydrogens is 181 g/mol. The molecule has 0 aromatic heterocycles. The minimum absolute atomic E-state index is 0.101. The van der Waals surface area contributed by atoms with Crippen LogP contribution >= 0.6 is 0 Å². The van der Waals surface area contributed by atoms with Gasteiger partial charge < -0.3 is 0 Å². The molecular formula is C9H7F3O. The number of benzene rings is 1. The van der Waals surface area contributed by atoms with Gasteiger partial charge in [0.25, 0.3) is 0 Å². The van der Waals surface area contributed by atoms with Crippen LogP contribution in [0, 0.1) is 24.4 Å². The lowest BCUT2D eigenvalue weighted by molar-refractivity contribution is 0.101. The van der Waals surface area contributed by atoms with Gasteiger partial charge in [0.2, 0.25) is 0 Å². The average Bonchev–Trinajstić information content (AvgIpc) is 1.99. The molecule has 0 spiro atoms. The van der Waals surface area contributed by atoms with Gasteiger partial charge in [-0.1, -0.05) is 0 Å². The van der Waals surface area contributed by atoms with Crippen molar-refractivity contribution in [2.75, 3.05) is 0 Å². The summed E-state index contributed by atoms with van der Waals surface area (Å²) >= 11 is 0. The second kappa shape index (κ2) is 3.20. The van der Waals surface area contributed by atoms with Crippen LogP contribution in [0.25, 0.3) is 0 Å². The van der Waals surface area contributed by atoms with Crippen molar-refractivity contribution in [1.29, 1.82) is 0 Å². The van der Waals surface area contributed by atoms with Crippen molar-refractivity contribution >= 4 is 5.78 Å². The van der Waals surface area contributed by atoms with E-state index < -0.39 is 23.2 Å². The van der Waals surface area contributed by atoms with Crippen molar-refractivity contribution in [2.24, 2.45) is 0 Å². The van der Waals surface area contributed by atoms with Gasteiger partial charge in [-0.25, -0.2) is 13.2 Å². The average molecular weight is 188 g/mol. The maximum Gasteiger partial charge on any atom is 0.195 e. The Kier molecular flexibility index (Phi) is 2.40. The predicted molar refractivity (Wildman–Crippen MR) is 41.1 cm³/mol. The maximum atomic E-state index is 12.9. The van der Waals surface area contributed by atoms with Crippen LogP contribution in [-0.2, 0) is 0 Å². The summed E-state index contributed by atoms with van der Waals surface area (Å²) in [5.41, 5.74) is -0.289. The summed E-state index contributed by atoms with van der Waals surface area (Å²) in [7, 11) is 0. The fourth-order valence-electron chi connectivity index (χ4n) is 1.15. The first-order valence-electron chi connectivity index (χ1n) is 3.60. The van der Waals surface area contributed by atoms with E-state index in [4.69, 9.17) is 0 Å². The number of aryl methyl sites for hydroxylation is 1. The van der Waals surface area contributed by atoms with Crippen LogP contribution in [0.1, 0.15) is 22.8 Å². The van der Waals surface area contributed by atoms with Gasteiger partial charge in [-0.05, 0) is 25.5 Å². The molecule has 0 bridgehead atoms. The molecule has 0 aliphatic heterocycles. The Morgan fingerprint density at radius 2 is 1.77 bits per heavy atom. The highest BCUT2D eigenvalue weighted by molar-refractivity contribution is 5.95. The Bertz CT molecular complexity index is 372. The molecule has 1 aromatic carbocycles. The molecule has 0 unspecified atom stereocenters. The first-order chi connectivity index (χ1) is 5.95. The first-order valence-corrected chi connectivity index (χ1v) is 3.60. The van der Waals surface area contributed by atoms with Crippen molar-refractivity contribution in [3.8, 4) is 0 Å². The summed E-state index contributed by atoms with van der Waals surface area (Å²) in [6, 6.07) is 0.801. The van der Waals surface area contributed by atoms with Crippen molar-refractivity contribution in [3.05, 3.63) is 34.6 Å². The molecule has 70 valence electrons. The molecule has 0 aliphatic rings. The highest BCUT2D eigenvalue weighted by Gasteiger charge is 2.18. The second-order valence-electron chi connectivity index (χ2n) is 2.73.